The Hall–Kier alpha value is -1.79. The summed E-state index contributed by atoms with van der Waals surface area (Å²) in [6.07, 6.45) is 0. The van der Waals surface area contributed by atoms with Crippen molar-refractivity contribution < 1.29 is 14.2 Å². The standard InChI is InChI=1S/C15H18N2O3S/c1-10(2)16-5-11-3-14-15(20-9-19-14)4-13(11)18-6-12-7-21-8-17-12/h3-4,7-8,10,16H,5-6,9H2,1-2H3. The Labute approximate surface area is 127 Å². The molecule has 6 heteroatoms. The van der Waals surface area contributed by atoms with Crippen molar-refractivity contribution in [1.82, 2.24) is 10.3 Å². The van der Waals surface area contributed by atoms with Gasteiger partial charge in [0, 0.05) is 29.6 Å². The Morgan fingerprint density at radius 1 is 1.33 bits per heavy atom. The second kappa shape index (κ2) is 6.32. The van der Waals surface area contributed by atoms with Crippen molar-refractivity contribution in [2.24, 2.45) is 0 Å². The Bertz CT molecular complexity index is 599. The SMILES string of the molecule is CC(C)NCc1cc2c(cc1OCc1cscn1)OCO2. The minimum Gasteiger partial charge on any atom is -0.487 e. The number of ether oxygens (including phenoxy) is 3. The van der Waals surface area contributed by atoms with E-state index in [1.54, 1.807) is 16.8 Å². The molecule has 0 unspecified atom stereocenters. The van der Waals surface area contributed by atoms with Gasteiger partial charge in [-0.1, -0.05) is 13.8 Å². The minimum absolute atomic E-state index is 0.266. The van der Waals surface area contributed by atoms with E-state index < -0.39 is 0 Å². The summed E-state index contributed by atoms with van der Waals surface area (Å²) in [6, 6.07) is 4.28. The molecule has 2 heterocycles. The lowest BCUT2D eigenvalue weighted by molar-refractivity contribution is 0.173. The van der Waals surface area contributed by atoms with Crippen LogP contribution in [0.3, 0.4) is 0 Å². The molecule has 0 fully saturated rings. The second-order valence-electron chi connectivity index (χ2n) is 5.12. The van der Waals surface area contributed by atoms with Crippen molar-refractivity contribution in [1.29, 1.82) is 0 Å². The molecule has 1 aliphatic heterocycles. The van der Waals surface area contributed by atoms with Gasteiger partial charge in [-0.15, -0.1) is 11.3 Å². The first-order chi connectivity index (χ1) is 10.2. The highest BCUT2D eigenvalue weighted by Crippen LogP contribution is 2.38. The topological polar surface area (TPSA) is 52.6 Å². The fourth-order valence-corrected chi connectivity index (χ4v) is 2.56. The van der Waals surface area contributed by atoms with Gasteiger partial charge in [0.15, 0.2) is 11.5 Å². The number of fused-ring (bicyclic) bond motifs is 1. The van der Waals surface area contributed by atoms with Gasteiger partial charge in [0.25, 0.3) is 0 Å². The number of nitrogens with one attached hydrogen (secondary N) is 1. The predicted molar refractivity (Wildman–Crippen MR) is 81.0 cm³/mol. The number of hydrogen-bond acceptors (Lipinski definition) is 6. The highest BCUT2D eigenvalue weighted by atomic mass is 32.1. The van der Waals surface area contributed by atoms with Crippen LogP contribution >= 0.6 is 11.3 Å². The third kappa shape index (κ3) is 3.46. The average Bonchev–Trinajstić information content (AvgIpc) is 3.12. The van der Waals surface area contributed by atoms with Gasteiger partial charge in [-0.2, -0.15) is 0 Å². The lowest BCUT2D eigenvalue weighted by Gasteiger charge is -2.14. The molecule has 0 saturated heterocycles. The number of rotatable bonds is 6. The average molecular weight is 306 g/mol. The summed E-state index contributed by atoms with van der Waals surface area (Å²) in [5.41, 5.74) is 3.79. The summed E-state index contributed by atoms with van der Waals surface area (Å²) in [4.78, 5) is 4.23. The van der Waals surface area contributed by atoms with Gasteiger partial charge in [-0.3, -0.25) is 0 Å². The normalized spacial score (nSPS) is 12.9. The van der Waals surface area contributed by atoms with Gasteiger partial charge in [0.2, 0.25) is 6.79 Å². The fourth-order valence-electron chi connectivity index (χ4n) is 2.01. The quantitative estimate of drug-likeness (QED) is 0.889. The van der Waals surface area contributed by atoms with E-state index in [1.165, 1.54) is 0 Å². The molecule has 112 valence electrons. The molecule has 5 nitrogen and oxygen atoms in total. The maximum atomic E-state index is 5.91. The summed E-state index contributed by atoms with van der Waals surface area (Å²) in [7, 11) is 0. The largest absolute Gasteiger partial charge is 0.487 e. The van der Waals surface area contributed by atoms with Gasteiger partial charge >= 0.3 is 0 Å². The van der Waals surface area contributed by atoms with Crippen LogP contribution in [0.25, 0.3) is 0 Å². The van der Waals surface area contributed by atoms with E-state index in [4.69, 9.17) is 14.2 Å². The molecule has 1 N–H and O–H groups in total. The molecule has 0 amide bonds. The molecular weight excluding hydrogens is 288 g/mol. The summed E-state index contributed by atoms with van der Waals surface area (Å²) in [6.45, 7) is 5.67. The monoisotopic (exact) mass is 306 g/mol. The Kier molecular flexibility index (Phi) is 4.26. The van der Waals surface area contributed by atoms with E-state index >= 15 is 0 Å². The molecule has 0 spiro atoms. The number of benzene rings is 1. The van der Waals surface area contributed by atoms with Crippen LogP contribution in [0.5, 0.6) is 17.2 Å². The smallest absolute Gasteiger partial charge is 0.231 e. The molecule has 21 heavy (non-hydrogen) atoms. The van der Waals surface area contributed by atoms with E-state index in [9.17, 15) is 0 Å². The molecule has 2 aromatic rings. The fraction of sp³-hybridized carbons (Fsp3) is 0.400. The van der Waals surface area contributed by atoms with Gasteiger partial charge in [0.1, 0.15) is 12.4 Å². The van der Waals surface area contributed by atoms with Crippen LogP contribution in [0.2, 0.25) is 0 Å². The van der Waals surface area contributed by atoms with Crippen LogP contribution in [0.1, 0.15) is 25.1 Å². The van der Waals surface area contributed by atoms with E-state index in [0.717, 1.165) is 35.1 Å². The molecule has 1 aromatic carbocycles. The van der Waals surface area contributed by atoms with Crippen molar-refractivity contribution in [2.75, 3.05) is 6.79 Å². The van der Waals surface area contributed by atoms with Crippen LogP contribution in [-0.4, -0.2) is 17.8 Å². The minimum atomic E-state index is 0.266. The Morgan fingerprint density at radius 3 is 2.86 bits per heavy atom. The van der Waals surface area contributed by atoms with Crippen LogP contribution in [0.4, 0.5) is 0 Å². The zero-order valence-corrected chi connectivity index (χ0v) is 12.9. The predicted octanol–water partition coefficient (Wildman–Crippen LogP) is 2.95. The molecule has 0 saturated carbocycles. The zero-order valence-electron chi connectivity index (χ0n) is 12.1. The van der Waals surface area contributed by atoms with Crippen molar-refractivity contribution in [3.8, 4) is 17.2 Å². The van der Waals surface area contributed by atoms with Gasteiger partial charge in [0.05, 0.1) is 11.2 Å². The first-order valence-electron chi connectivity index (χ1n) is 6.88. The van der Waals surface area contributed by atoms with Crippen molar-refractivity contribution in [3.63, 3.8) is 0 Å². The maximum Gasteiger partial charge on any atom is 0.231 e. The number of thiazole rings is 1. The lowest BCUT2D eigenvalue weighted by Crippen LogP contribution is -2.22. The van der Waals surface area contributed by atoms with E-state index in [1.807, 2.05) is 17.5 Å². The van der Waals surface area contributed by atoms with Crippen LogP contribution in [-0.2, 0) is 13.2 Å². The zero-order chi connectivity index (χ0) is 14.7. The highest BCUT2D eigenvalue weighted by Gasteiger charge is 2.18. The van der Waals surface area contributed by atoms with Gasteiger partial charge < -0.3 is 19.5 Å². The summed E-state index contributed by atoms with van der Waals surface area (Å²) >= 11 is 1.57. The van der Waals surface area contributed by atoms with Crippen LogP contribution < -0.4 is 19.5 Å². The van der Waals surface area contributed by atoms with Crippen molar-refractivity contribution in [3.05, 3.63) is 34.3 Å². The summed E-state index contributed by atoms with van der Waals surface area (Å²) in [5.74, 6) is 2.31. The molecule has 0 radical (unpaired) electrons. The molecule has 3 rings (SSSR count). The molecule has 1 aliphatic rings. The molecular formula is C15H18N2O3S. The number of hydrogen-bond donors (Lipinski definition) is 1. The van der Waals surface area contributed by atoms with Crippen LogP contribution in [0.15, 0.2) is 23.0 Å². The Morgan fingerprint density at radius 2 is 2.14 bits per heavy atom. The van der Waals surface area contributed by atoms with Crippen LogP contribution in [0, 0.1) is 0 Å². The molecule has 0 atom stereocenters. The first-order valence-corrected chi connectivity index (χ1v) is 7.82. The number of nitrogens with zero attached hydrogens (tertiary/aromatic N) is 1. The third-order valence-corrected chi connectivity index (χ3v) is 3.75. The van der Waals surface area contributed by atoms with E-state index in [0.29, 0.717) is 12.6 Å². The molecule has 0 bridgehead atoms. The summed E-state index contributed by atoms with van der Waals surface area (Å²) < 4.78 is 16.8. The first kappa shape index (κ1) is 14.2. The lowest BCUT2D eigenvalue weighted by atomic mass is 10.1. The molecule has 1 aromatic heterocycles. The van der Waals surface area contributed by atoms with Gasteiger partial charge in [-0.25, -0.2) is 4.98 Å². The van der Waals surface area contributed by atoms with Crippen molar-refractivity contribution in [2.45, 2.75) is 33.0 Å². The second-order valence-corrected chi connectivity index (χ2v) is 5.84. The highest BCUT2D eigenvalue weighted by molar-refractivity contribution is 7.07. The van der Waals surface area contributed by atoms with Gasteiger partial charge in [-0.05, 0) is 6.07 Å². The van der Waals surface area contributed by atoms with E-state index in [2.05, 4.69) is 24.1 Å². The van der Waals surface area contributed by atoms with Crippen molar-refractivity contribution >= 4 is 11.3 Å². The molecule has 0 aliphatic carbocycles. The summed E-state index contributed by atoms with van der Waals surface area (Å²) in [5, 5.41) is 5.38. The maximum absolute atomic E-state index is 5.91. The van der Waals surface area contributed by atoms with E-state index in [-0.39, 0.29) is 6.79 Å². The number of aromatic nitrogens is 1. The Balaban J connectivity index is 1.78. The third-order valence-electron chi connectivity index (χ3n) is 3.12.